The fourth-order valence-corrected chi connectivity index (χ4v) is 4.26. The van der Waals surface area contributed by atoms with Gasteiger partial charge < -0.3 is 4.43 Å². The van der Waals surface area contributed by atoms with Gasteiger partial charge in [-0.3, -0.25) is 4.79 Å². The van der Waals surface area contributed by atoms with Crippen LogP contribution in [0.25, 0.3) is 0 Å². The Bertz CT molecular complexity index is 498. The van der Waals surface area contributed by atoms with Crippen molar-refractivity contribution in [3.05, 3.63) is 60.7 Å². The molecule has 0 aliphatic rings. The molecule has 0 unspecified atom stereocenters. The monoisotopic (exact) mass is 284 g/mol. The molecule has 0 aliphatic carbocycles. The highest BCUT2D eigenvalue weighted by Gasteiger charge is 2.22. The zero-order chi connectivity index (χ0) is 14.4. The van der Waals surface area contributed by atoms with E-state index in [0.29, 0.717) is 12.3 Å². The fraction of sp³-hybridized carbons (Fsp3) is 0.235. The highest BCUT2D eigenvalue weighted by Crippen LogP contribution is 2.03. The summed E-state index contributed by atoms with van der Waals surface area (Å²) in [5.41, 5.74) is 0. The zero-order valence-corrected chi connectivity index (χ0v) is 13.1. The third kappa shape index (κ3) is 4.07. The Labute approximate surface area is 122 Å². The Kier molecular flexibility index (Phi) is 5.13. The van der Waals surface area contributed by atoms with Gasteiger partial charge in [0.1, 0.15) is 0 Å². The summed E-state index contributed by atoms with van der Waals surface area (Å²) >= 11 is 0. The minimum atomic E-state index is -1.92. The van der Waals surface area contributed by atoms with Crippen molar-refractivity contribution in [2.24, 2.45) is 5.92 Å². The summed E-state index contributed by atoms with van der Waals surface area (Å²) in [5.74, 6) is 0.230. The van der Waals surface area contributed by atoms with Crippen molar-refractivity contribution in [2.75, 3.05) is 0 Å². The summed E-state index contributed by atoms with van der Waals surface area (Å²) in [6.07, 6.45) is 0.475. The second-order valence-corrected chi connectivity index (χ2v) is 7.62. The lowest BCUT2D eigenvalue weighted by Gasteiger charge is -2.18. The smallest absolute Gasteiger partial charge is 0.302 e. The van der Waals surface area contributed by atoms with Crippen LogP contribution in [-0.2, 0) is 9.22 Å². The summed E-state index contributed by atoms with van der Waals surface area (Å²) in [7, 11) is -1.92. The van der Waals surface area contributed by atoms with Crippen LogP contribution < -0.4 is 10.4 Å². The second-order valence-electron chi connectivity index (χ2n) is 5.29. The molecule has 0 spiro atoms. The van der Waals surface area contributed by atoms with E-state index in [4.69, 9.17) is 4.43 Å². The first-order chi connectivity index (χ1) is 9.66. The van der Waals surface area contributed by atoms with Gasteiger partial charge >= 0.3 is 9.04 Å². The summed E-state index contributed by atoms with van der Waals surface area (Å²) in [4.78, 5) is 12.0. The highest BCUT2D eigenvalue weighted by molar-refractivity contribution is 6.81. The standard InChI is InChI=1S/C17H20O2Si/c1-14(2)13-17(18)19-20(15-9-5-3-6-10-15)16-11-7-4-8-12-16/h3-12,14,20H,13H2,1-2H3. The lowest BCUT2D eigenvalue weighted by molar-refractivity contribution is -0.135. The minimum absolute atomic E-state index is 0.0932. The Morgan fingerprint density at radius 2 is 1.40 bits per heavy atom. The number of hydrogen-bond donors (Lipinski definition) is 0. The topological polar surface area (TPSA) is 26.3 Å². The van der Waals surface area contributed by atoms with Crippen LogP contribution >= 0.6 is 0 Å². The molecule has 0 fully saturated rings. The number of rotatable bonds is 5. The van der Waals surface area contributed by atoms with Gasteiger partial charge in [-0.2, -0.15) is 0 Å². The van der Waals surface area contributed by atoms with Crippen molar-refractivity contribution < 1.29 is 9.22 Å². The first kappa shape index (κ1) is 14.5. The average molecular weight is 284 g/mol. The molecule has 104 valence electrons. The van der Waals surface area contributed by atoms with Gasteiger partial charge in [-0.15, -0.1) is 0 Å². The molecule has 0 atom stereocenters. The maximum atomic E-state index is 12.0. The predicted octanol–water partition coefficient (Wildman–Crippen LogP) is 2.11. The molecule has 2 nitrogen and oxygen atoms in total. The predicted molar refractivity (Wildman–Crippen MR) is 84.8 cm³/mol. The Hall–Kier alpha value is -1.87. The molecule has 2 aromatic rings. The highest BCUT2D eigenvalue weighted by atomic mass is 28.3. The molecule has 0 saturated carbocycles. The molecule has 0 saturated heterocycles. The van der Waals surface area contributed by atoms with E-state index in [9.17, 15) is 4.79 Å². The first-order valence-electron chi connectivity index (χ1n) is 6.96. The first-order valence-corrected chi connectivity index (χ1v) is 8.59. The number of carbonyl (C=O) groups excluding carboxylic acids is 1. The van der Waals surface area contributed by atoms with Crippen LogP contribution in [0.1, 0.15) is 20.3 Å². The van der Waals surface area contributed by atoms with E-state index in [2.05, 4.69) is 0 Å². The average Bonchev–Trinajstić information content (AvgIpc) is 2.46. The normalized spacial score (nSPS) is 10.8. The molecule has 0 aromatic heterocycles. The van der Waals surface area contributed by atoms with Gasteiger partial charge in [-0.1, -0.05) is 74.5 Å². The van der Waals surface area contributed by atoms with Crippen LogP contribution in [0.3, 0.4) is 0 Å². The molecular weight excluding hydrogens is 264 g/mol. The molecule has 20 heavy (non-hydrogen) atoms. The van der Waals surface area contributed by atoms with Gasteiger partial charge in [-0.05, 0) is 16.3 Å². The molecule has 0 aliphatic heterocycles. The molecule has 0 amide bonds. The van der Waals surface area contributed by atoms with E-state index in [0.717, 1.165) is 10.4 Å². The summed E-state index contributed by atoms with van der Waals surface area (Å²) in [6.45, 7) is 4.06. The largest absolute Gasteiger partial charge is 0.513 e. The molecule has 2 rings (SSSR count). The maximum Gasteiger partial charge on any atom is 0.302 e. The Balaban J connectivity index is 2.24. The van der Waals surface area contributed by atoms with Gasteiger partial charge in [0.25, 0.3) is 5.97 Å². The van der Waals surface area contributed by atoms with Gasteiger partial charge in [0, 0.05) is 6.42 Å². The van der Waals surface area contributed by atoms with Crippen molar-refractivity contribution in [1.29, 1.82) is 0 Å². The van der Waals surface area contributed by atoms with E-state index in [1.807, 2.05) is 74.5 Å². The lowest BCUT2D eigenvalue weighted by Crippen LogP contribution is -2.46. The SMILES string of the molecule is CC(C)CC(=O)O[SiH](c1ccccc1)c1ccccc1. The number of carbonyl (C=O) groups is 1. The quantitative estimate of drug-likeness (QED) is 0.786. The number of hydrogen-bond acceptors (Lipinski definition) is 2. The van der Waals surface area contributed by atoms with Gasteiger partial charge in [-0.25, -0.2) is 0 Å². The molecular formula is C17H20O2Si. The summed E-state index contributed by atoms with van der Waals surface area (Å²) in [6, 6.07) is 20.1. The van der Waals surface area contributed by atoms with Crippen LogP contribution in [0.4, 0.5) is 0 Å². The van der Waals surface area contributed by atoms with E-state index < -0.39 is 9.04 Å². The van der Waals surface area contributed by atoms with Gasteiger partial charge in [0.15, 0.2) is 0 Å². The van der Waals surface area contributed by atoms with E-state index in [-0.39, 0.29) is 5.97 Å². The number of benzene rings is 2. The summed E-state index contributed by atoms with van der Waals surface area (Å²) in [5, 5.41) is 2.27. The van der Waals surface area contributed by atoms with Crippen molar-refractivity contribution in [2.45, 2.75) is 20.3 Å². The van der Waals surface area contributed by atoms with E-state index in [1.165, 1.54) is 0 Å². The zero-order valence-electron chi connectivity index (χ0n) is 12.0. The Morgan fingerprint density at radius 3 is 1.80 bits per heavy atom. The van der Waals surface area contributed by atoms with E-state index >= 15 is 0 Å². The molecule has 0 heterocycles. The van der Waals surface area contributed by atoms with E-state index in [1.54, 1.807) is 0 Å². The van der Waals surface area contributed by atoms with Crippen molar-refractivity contribution in [3.8, 4) is 0 Å². The fourth-order valence-electron chi connectivity index (χ4n) is 2.10. The van der Waals surface area contributed by atoms with Crippen LogP contribution in [0, 0.1) is 5.92 Å². The van der Waals surface area contributed by atoms with Crippen LogP contribution in [0.2, 0.25) is 0 Å². The second kappa shape index (κ2) is 7.06. The lowest BCUT2D eigenvalue weighted by atomic mass is 10.1. The summed E-state index contributed by atoms with van der Waals surface area (Å²) < 4.78 is 5.83. The van der Waals surface area contributed by atoms with Crippen molar-refractivity contribution in [3.63, 3.8) is 0 Å². The van der Waals surface area contributed by atoms with Crippen molar-refractivity contribution >= 4 is 25.4 Å². The van der Waals surface area contributed by atoms with Crippen LogP contribution in [0.15, 0.2) is 60.7 Å². The maximum absolute atomic E-state index is 12.0. The molecule has 0 N–H and O–H groups in total. The van der Waals surface area contributed by atoms with Gasteiger partial charge in [0.2, 0.25) is 0 Å². The molecule has 0 bridgehead atoms. The third-order valence-electron chi connectivity index (χ3n) is 3.03. The molecule has 3 heteroatoms. The molecule has 0 radical (unpaired) electrons. The van der Waals surface area contributed by atoms with Gasteiger partial charge in [0.05, 0.1) is 0 Å². The van der Waals surface area contributed by atoms with Crippen LogP contribution in [-0.4, -0.2) is 15.0 Å². The third-order valence-corrected chi connectivity index (χ3v) is 5.51. The minimum Gasteiger partial charge on any atom is -0.513 e. The van der Waals surface area contributed by atoms with Crippen LogP contribution in [0.5, 0.6) is 0 Å². The van der Waals surface area contributed by atoms with Crippen molar-refractivity contribution in [1.82, 2.24) is 0 Å². The Morgan fingerprint density at radius 1 is 0.950 bits per heavy atom. The molecule has 2 aromatic carbocycles.